The zero-order chi connectivity index (χ0) is 22.4. The van der Waals surface area contributed by atoms with E-state index < -0.39 is 34.3 Å². The van der Waals surface area contributed by atoms with Crippen LogP contribution in [0.15, 0.2) is 72.8 Å². The lowest BCUT2D eigenvalue weighted by Gasteiger charge is -2.19. The van der Waals surface area contributed by atoms with Crippen LogP contribution in [0.1, 0.15) is 15.9 Å². The summed E-state index contributed by atoms with van der Waals surface area (Å²) in [5, 5.41) is 16.6. The number of anilines is 1. The molecule has 0 saturated carbocycles. The first-order valence-corrected chi connectivity index (χ1v) is 9.56. The Morgan fingerprint density at radius 2 is 1.71 bits per heavy atom. The summed E-state index contributed by atoms with van der Waals surface area (Å²) in [5.41, 5.74) is 0.385. The molecule has 0 aliphatic carbocycles. The van der Waals surface area contributed by atoms with Crippen molar-refractivity contribution in [1.82, 2.24) is 5.32 Å². The van der Waals surface area contributed by atoms with Gasteiger partial charge in [-0.05, 0) is 42.0 Å². The number of nitrogens with zero attached hydrogens (tertiary/aromatic N) is 1. The van der Waals surface area contributed by atoms with Gasteiger partial charge in [0.2, 0.25) is 11.7 Å². The summed E-state index contributed by atoms with van der Waals surface area (Å²) in [4.78, 5) is 35.6. The summed E-state index contributed by atoms with van der Waals surface area (Å²) >= 11 is 5.85. The molecule has 3 aromatic carbocycles. The number of rotatable bonds is 7. The molecule has 2 amide bonds. The van der Waals surface area contributed by atoms with E-state index >= 15 is 0 Å². The van der Waals surface area contributed by atoms with Gasteiger partial charge in [0.25, 0.3) is 5.91 Å². The fraction of sp³-hybridized carbons (Fsp3) is 0.0909. The number of amides is 2. The van der Waals surface area contributed by atoms with Crippen LogP contribution >= 0.6 is 11.6 Å². The molecule has 0 radical (unpaired) electrons. The molecule has 0 heterocycles. The number of nitro benzene ring substituents is 1. The van der Waals surface area contributed by atoms with E-state index in [-0.39, 0.29) is 12.1 Å². The summed E-state index contributed by atoms with van der Waals surface area (Å²) in [7, 11) is 0. The minimum atomic E-state index is -1.01. The summed E-state index contributed by atoms with van der Waals surface area (Å²) in [6, 6.07) is 17.2. The maximum Gasteiger partial charge on any atom is 0.306 e. The number of benzene rings is 3. The van der Waals surface area contributed by atoms with Crippen molar-refractivity contribution in [2.75, 3.05) is 5.32 Å². The van der Waals surface area contributed by atoms with Gasteiger partial charge >= 0.3 is 5.69 Å². The van der Waals surface area contributed by atoms with Gasteiger partial charge in [0, 0.05) is 28.8 Å². The third-order valence-electron chi connectivity index (χ3n) is 4.42. The number of carbonyl (C=O) groups is 2. The standard InChI is InChI=1S/C22H17ClFN3O4/c23-16-8-6-15(7-9-16)21(28)26-19(12-14-4-2-1-3-5-14)22(29)25-17-10-11-18(24)20(13-17)27(30)31/h1-11,13,19H,12H2,(H,25,29)(H,26,28). The summed E-state index contributed by atoms with van der Waals surface area (Å²) in [6.45, 7) is 0. The van der Waals surface area contributed by atoms with Crippen LogP contribution in [0.25, 0.3) is 0 Å². The molecular formula is C22H17ClFN3O4. The molecule has 0 aliphatic rings. The van der Waals surface area contributed by atoms with Crippen LogP contribution in [0.3, 0.4) is 0 Å². The molecule has 1 atom stereocenters. The Labute approximate surface area is 182 Å². The van der Waals surface area contributed by atoms with E-state index in [1.807, 2.05) is 6.07 Å². The smallest absolute Gasteiger partial charge is 0.306 e. The number of hydrogen-bond donors (Lipinski definition) is 2. The van der Waals surface area contributed by atoms with Crippen molar-refractivity contribution in [2.45, 2.75) is 12.5 Å². The van der Waals surface area contributed by atoms with E-state index in [2.05, 4.69) is 10.6 Å². The lowest BCUT2D eigenvalue weighted by atomic mass is 10.0. The summed E-state index contributed by atoms with van der Waals surface area (Å²) < 4.78 is 13.6. The van der Waals surface area contributed by atoms with Crippen molar-refractivity contribution >= 4 is 34.8 Å². The number of nitrogens with one attached hydrogen (secondary N) is 2. The largest absolute Gasteiger partial charge is 0.340 e. The van der Waals surface area contributed by atoms with Crippen LogP contribution < -0.4 is 10.6 Å². The summed E-state index contributed by atoms with van der Waals surface area (Å²) in [6.07, 6.45) is 0.176. The highest BCUT2D eigenvalue weighted by Crippen LogP contribution is 2.22. The van der Waals surface area contributed by atoms with Gasteiger partial charge in [0.05, 0.1) is 4.92 Å². The molecule has 158 valence electrons. The van der Waals surface area contributed by atoms with E-state index in [1.165, 1.54) is 18.2 Å². The van der Waals surface area contributed by atoms with Gasteiger partial charge in [-0.2, -0.15) is 4.39 Å². The van der Waals surface area contributed by atoms with E-state index in [9.17, 15) is 24.1 Å². The molecule has 7 nitrogen and oxygen atoms in total. The van der Waals surface area contributed by atoms with Crippen LogP contribution in [0, 0.1) is 15.9 Å². The number of hydrogen-bond acceptors (Lipinski definition) is 4. The first-order valence-electron chi connectivity index (χ1n) is 9.18. The topological polar surface area (TPSA) is 101 Å². The first-order chi connectivity index (χ1) is 14.8. The molecule has 0 fully saturated rings. The third-order valence-corrected chi connectivity index (χ3v) is 4.67. The zero-order valence-electron chi connectivity index (χ0n) is 16.0. The van der Waals surface area contributed by atoms with Crippen molar-refractivity contribution in [3.05, 3.63) is 105 Å². The number of carbonyl (C=O) groups excluding carboxylic acids is 2. The Balaban J connectivity index is 1.82. The molecule has 9 heteroatoms. The Morgan fingerprint density at radius 1 is 1.03 bits per heavy atom. The first kappa shape index (κ1) is 21.9. The maximum atomic E-state index is 13.6. The molecular weight excluding hydrogens is 425 g/mol. The maximum absolute atomic E-state index is 13.6. The van der Waals surface area contributed by atoms with Gasteiger partial charge in [-0.1, -0.05) is 41.9 Å². The van der Waals surface area contributed by atoms with E-state index in [1.54, 1.807) is 36.4 Å². The fourth-order valence-corrected chi connectivity index (χ4v) is 2.99. The predicted molar refractivity (Wildman–Crippen MR) is 115 cm³/mol. The number of halogens is 2. The van der Waals surface area contributed by atoms with Crippen molar-refractivity contribution in [2.24, 2.45) is 0 Å². The van der Waals surface area contributed by atoms with Crippen molar-refractivity contribution in [3.63, 3.8) is 0 Å². The Hall–Kier alpha value is -3.78. The molecule has 2 N–H and O–H groups in total. The Bertz CT molecular complexity index is 1110. The summed E-state index contributed by atoms with van der Waals surface area (Å²) in [5.74, 6) is -2.11. The highest BCUT2D eigenvalue weighted by atomic mass is 35.5. The van der Waals surface area contributed by atoms with E-state index in [0.29, 0.717) is 10.6 Å². The Kier molecular flexibility index (Phi) is 6.94. The van der Waals surface area contributed by atoms with Gasteiger partial charge in [-0.3, -0.25) is 19.7 Å². The SMILES string of the molecule is O=C(NC(Cc1ccccc1)C(=O)Nc1ccc(F)c([N+](=O)[O-])c1)c1ccc(Cl)cc1. The predicted octanol–water partition coefficient (Wildman–Crippen LogP) is 4.37. The van der Waals surface area contributed by atoms with Crippen LogP contribution in [-0.2, 0) is 11.2 Å². The second-order valence-electron chi connectivity index (χ2n) is 6.64. The van der Waals surface area contributed by atoms with Gasteiger partial charge in [0.1, 0.15) is 6.04 Å². The molecule has 3 aromatic rings. The normalized spacial score (nSPS) is 11.4. The van der Waals surface area contributed by atoms with Gasteiger partial charge < -0.3 is 10.6 Å². The fourth-order valence-electron chi connectivity index (χ4n) is 2.86. The number of nitro groups is 1. The average molecular weight is 442 g/mol. The van der Waals surface area contributed by atoms with E-state index in [4.69, 9.17) is 11.6 Å². The van der Waals surface area contributed by atoms with Crippen LogP contribution in [-0.4, -0.2) is 22.8 Å². The van der Waals surface area contributed by atoms with Crippen molar-refractivity contribution in [3.8, 4) is 0 Å². The molecule has 0 aliphatic heterocycles. The van der Waals surface area contributed by atoms with E-state index in [0.717, 1.165) is 17.7 Å². The molecule has 1 unspecified atom stereocenters. The lowest BCUT2D eigenvalue weighted by molar-refractivity contribution is -0.387. The zero-order valence-corrected chi connectivity index (χ0v) is 16.8. The van der Waals surface area contributed by atoms with Gasteiger partial charge in [0.15, 0.2) is 0 Å². The van der Waals surface area contributed by atoms with Gasteiger partial charge in [-0.15, -0.1) is 0 Å². The van der Waals surface area contributed by atoms with Gasteiger partial charge in [-0.25, -0.2) is 0 Å². The Morgan fingerprint density at radius 3 is 2.35 bits per heavy atom. The highest BCUT2D eigenvalue weighted by Gasteiger charge is 2.23. The molecule has 3 rings (SSSR count). The highest BCUT2D eigenvalue weighted by molar-refractivity contribution is 6.30. The minimum absolute atomic E-state index is 0.0388. The minimum Gasteiger partial charge on any atom is -0.340 e. The quantitative estimate of drug-likeness (QED) is 0.420. The molecule has 0 bridgehead atoms. The lowest BCUT2D eigenvalue weighted by Crippen LogP contribution is -2.45. The van der Waals surface area contributed by atoms with Crippen molar-refractivity contribution < 1.29 is 18.9 Å². The van der Waals surface area contributed by atoms with Crippen LogP contribution in [0.5, 0.6) is 0 Å². The van der Waals surface area contributed by atoms with Crippen LogP contribution in [0.2, 0.25) is 5.02 Å². The second kappa shape index (κ2) is 9.82. The second-order valence-corrected chi connectivity index (χ2v) is 7.07. The van der Waals surface area contributed by atoms with Crippen LogP contribution in [0.4, 0.5) is 15.8 Å². The van der Waals surface area contributed by atoms with Crippen molar-refractivity contribution in [1.29, 1.82) is 0 Å². The third kappa shape index (κ3) is 5.86. The molecule has 0 aromatic heterocycles. The molecule has 31 heavy (non-hydrogen) atoms. The molecule has 0 saturated heterocycles. The average Bonchev–Trinajstić information content (AvgIpc) is 2.75. The monoisotopic (exact) mass is 441 g/mol. The molecule has 0 spiro atoms.